The van der Waals surface area contributed by atoms with Crippen LogP contribution in [0.3, 0.4) is 0 Å². The van der Waals surface area contributed by atoms with Gasteiger partial charge in [-0.05, 0) is 62.7 Å². The molecule has 3 heterocycles. The summed E-state index contributed by atoms with van der Waals surface area (Å²) in [6.45, 7) is 5.11. The lowest BCUT2D eigenvalue weighted by Crippen LogP contribution is -2.24. The van der Waals surface area contributed by atoms with Gasteiger partial charge in [0.25, 0.3) is 5.91 Å². The zero-order valence-electron chi connectivity index (χ0n) is 19.6. The van der Waals surface area contributed by atoms with Crippen LogP contribution in [0, 0.1) is 13.8 Å². The van der Waals surface area contributed by atoms with Crippen LogP contribution >= 0.6 is 0 Å². The minimum absolute atomic E-state index is 0.0169. The maximum Gasteiger partial charge on any atom is 0.418 e. The first-order valence-corrected chi connectivity index (χ1v) is 10.8. The standard InChI is InChI=1S/C26H23F3N2O4/c1-15-12-18(16(2)31(15)22-10-6-5-9-21(22)26(27,28)29)13-20-23(25(33)34-4)17(3)30(24(20)32)14-19-8-7-11-35-19/h5-13H,14H2,1-4H3/b20-13-. The molecule has 0 unspecified atom stereocenters. The summed E-state index contributed by atoms with van der Waals surface area (Å²) in [5.41, 5.74) is 1.37. The van der Waals surface area contributed by atoms with Gasteiger partial charge >= 0.3 is 12.1 Å². The Bertz CT molecular complexity index is 1360. The van der Waals surface area contributed by atoms with Crippen molar-refractivity contribution in [3.63, 3.8) is 0 Å². The van der Waals surface area contributed by atoms with Crippen LogP contribution < -0.4 is 0 Å². The van der Waals surface area contributed by atoms with Gasteiger partial charge in [0.15, 0.2) is 0 Å². The van der Waals surface area contributed by atoms with Crippen LogP contribution in [0.2, 0.25) is 0 Å². The van der Waals surface area contributed by atoms with Crippen molar-refractivity contribution in [2.75, 3.05) is 7.11 Å². The first-order valence-electron chi connectivity index (χ1n) is 10.8. The largest absolute Gasteiger partial charge is 0.467 e. The Balaban J connectivity index is 1.83. The molecule has 2 aromatic heterocycles. The van der Waals surface area contributed by atoms with Gasteiger partial charge in [-0.15, -0.1) is 0 Å². The molecule has 1 aliphatic heterocycles. The Morgan fingerprint density at radius 2 is 1.83 bits per heavy atom. The summed E-state index contributed by atoms with van der Waals surface area (Å²) in [7, 11) is 1.22. The van der Waals surface area contributed by atoms with E-state index in [1.165, 1.54) is 47.1 Å². The van der Waals surface area contributed by atoms with Crippen LogP contribution in [0.1, 0.15) is 35.2 Å². The summed E-state index contributed by atoms with van der Waals surface area (Å²) in [6, 6.07) is 10.4. The number of amides is 1. The third-order valence-electron chi connectivity index (χ3n) is 6.02. The molecule has 3 aromatic rings. The summed E-state index contributed by atoms with van der Waals surface area (Å²) in [4.78, 5) is 27.4. The molecule has 6 nitrogen and oxygen atoms in total. The molecule has 4 rings (SSSR count). The number of halogens is 3. The van der Waals surface area contributed by atoms with E-state index < -0.39 is 23.6 Å². The first-order chi connectivity index (χ1) is 16.5. The number of nitrogens with zero attached hydrogens (tertiary/aromatic N) is 2. The number of ether oxygens (including phenoxy) is 1. The highest BCUT2D eigenvalue weighted by molar-refractivity contribution is 6.16. The van der Waals surface area contributed by atoms with E-state index in [0.717, 1.165) is 6.07 Å². The maximum absolute atomic E-state index is 13.7. The number of carbonyl (C=O) groups is 2. The quantitative estimate of drug-likeness (QED) is 0.350. The van der Waals surface area contributed by atoms with Gasteiger partial charge in [0.2, 0.25) is 0 Å². The van der Waals surface area contributed by atoms with Crippen LogP contribution in [-0.4, -0.2) is 28.5 Å². The number of esters is 1. The van der Waals surface area contributed by atoms with Gasteiger partial charge in [-0.2, -0.15) is 13.2 Å². The Morgan fingerprint density at radius 1 is 1.11 bits per heavy atom. The summed E-state index contributed by atoms with van der Waals surface area (Å²) >= 11 is 0. The van der Waals surface area contributed by atoms with Gasteiger partial charge in [-0.3, -0.25) is 4.79 Å². The fourth-order valence-corrected chi connectivity index (χ4v) is 4.35. The molecule has 1 amide bonds. The molecule has 1 aromatic carbocycles. The molecule has 0 saturated heterocycles. The normalized spacial score (nSPS) is 15.5. The fourth-order valence-electron chi connectivity index (χ4n) is 4.35. The van der Waals surface area contributed by atoms with Crippen molar-refractivity contribution in [3.8, 4) is 5.69 Å². The van der Waals surface area contributed by atoms with E-state index in [1.54, 1.807) is 39.0 Å². The van der Waals surface area contributed by atoms with E-state index in [1.807, 2.05) is 0 Å². The number of rotatable bonds is 5. The van der Waals surface area contributed by atoms with Crippen LogP contribution in [-0.2, 0) is 27.0 Å². The number of furan rings is 1. The SMILES string of the molecule is COC(=O)C1=C(C)N(Cc2ccco2)C(=O)/C1=C\c1cc(C)n(-c2ccccc2C(F)(F)F)c1C. The highest BCUT2D eigenvalue weighted by atomic mass is 19.4. The van der Waals surface area contributed by atoms with Crippen LogP contribution in [0.4, 0.5) is 13.2 Å². The summed E-state index contributed by atoms with van der Waals surface area (Å²) < 4.78 is 52.7. The molecule has 182 valence electrons. The summed E-state index contributed by atoms with van der Waals surface area (Å²) in [5, 5.41) is 0. The molecule has 0 fully saturated rings. The molecule has 0 atom stereocenters. The Labute approximate surface area is 199 Å². The topological polar surface area (TPSA) is 64.7 Å². The summed E-state index contributed by atoms with van der Waals surface area (Å²) in [6.07, 6.45) is -1.53. The highest BCUT2D eigenvalue weighted by Gasteiger charge is 2.38. The molecule has 0 aliphatic carbocycles. The third kappa shape index (κ3) is 4.29. The second-order valence-electron chi connectivity index (χ2n) is 8.16. The van der Waals surface area contributed by atoms with Crippen LogP contribution in [0.25, 0.3) is 11.8 Å². The molecule has 1 aliphatic rings. The van der Waals surface area contributed by atoms with Gasteiger partial charge in [0.1, 0.15) is 5.76 Å². The number of aromatic nitrogens is 1. The number of benzene rings is 1. The van der Waals surface area contributed by atoms with E-state index in [2.05, 4.69) is 0 Å². The zero-order valence-corrected chi connectivity index (χ0v) is 19.6. The molecule has 0 N–H and O–H groups in total. The number of hydrogen-bond acceptors (Lipinski definition) is 4. The van der Waals surface area contributed by atoms with E-state index in [9.17, 15) is 22.8 Å². The Hall–Kier alpha value is -4.01. The van der Waals surface area contributed by atoms with Crippen molar-refractivity contribution in [2.24, 2.45) is 0 Å². The lowest BCUT2D eigenvalue weighted by molar-refractivity contribution is -0.137. The van der Waals surface area contributed by atoms with Crippen molar-refractivity contribution in [3.05, 3.63) is 93.8 Å². The molecule has 0 radical (unpaired) electrons. The van der Waals surface area contributed by atoms with E-state index in [4.69, 9.17) is 9.15 Å². The number of allylic oxidation sites excluding steroid dienone is 1. The van der Waals surface area contributed by atoms with Crippen molar-refractivity contribution in [1.29, 1.82) is 0 Å². The van der Waals surface area contributed by atoms with E-state index in [0.29, 0.717) is 28.4 Å². The number of carbonyl (C=O) groups excluding carboxylic acids is 2. The average molecular weight is 484 g/mol. The predicted octanol–water partition coefficient (Wildman–Crippen LogP) is 5.58. The van der Waals surface area contributed by atoms with Gasteiger partial charge in [0, 0.05) is 17.1 Å². The minimum Gasteiger partial charge on any atom is -0.467 e. The zero-order chi connectivity index (χ0) is 25.5. The molecular weight excluding hydrogens is 461 g/mol. The average Bonchev–Trinajstić information content (AvgIpc) is 3.48. The van der Waals surface area contributed by atoms with E-state index in [-0.39, 0.29) is 23.4 Å². The van der Waals surface area contributed by atoms with Crippen molar-refractivity contribution in [2.45, 2.75) is 33.5 Å². The molecule has 0 bridgehead atoms. The van der Waals surface area contributed by atoms with Crippen molar-refractivity contribution in [1.82, 2.24) is 9.47 Å². The van der Waals surface area contributed by atoms with Gasteiger partial charge < -0.3 is 18.6 Å². The number of methoxy groups -OCH3 is 1. The van der Waals surface area contributed by atoms with Crippen LogP contribution in [0.15, 0.2) is 70.0 Å². The minimum atomic E-state index is -4.54. The third-order valence-corrected chi connectivity index (χ3v) is 6.02. The fraction of sp³-hybridized carbons (Fsp3) is 0.231. The predicted molar refractivity (Wildman–Crippen MR) is 122 cm³/mol. The lowest BCUT2D eigenvalue weighted by Gasteiger charge is -2.17. The number of hydrogen-bond donors (Lipinski definition) is 0. The first kappa shape index (κ1) is 24.1. The Kier molecular flexibility index (Phi) is 6.19. The Morgan fingerprint density at radius 3 is 2.46 bits per heavy atom. The number of alkyl halides is 3. The molecule has 0 saturated carbocycles. The molecular formula is C26H23F3N2O4. The van der Waals surface area contributed by atoms with Crippen molar-refractivity contribution >= 4 is 18.0 Å². The number of aryl methyl sites for hydroxylation is 1. The smallest absolute Gasteiger partial charge is 0.418 e. The van der Waals surface area contributed by atoms with Gasteiger partial charge in [0.05, 0.1) is 42.3 Å². The second kappa shape index (κ2) is 8.98. The molecule has 9 heteroatoms. The summed E-state index contributed by atoms with van der Waals surface area (Å²) in [5.74, 6) is -0.579. The van der Waals surface area contributed by atoms with Gasteiger partial charge in [-0.1, -0.05) is 12.1 Å². The van der Waals surface area contributed by atoms with Crippen LogP contribution in [0.5, 0.6) is 0 Å². The maximum atomic E-state index is 13.7. The monoisotopic (exact) mass is 484 g/mol. The second-order valence-corrected chi connectivity index (χ2v) is 8.16. The highest BCUT2D eigenvalue weighted by Crippen LogP contribution is 2.37. The van der Waals surface area contributed by atoms with Crippen molar-refractivity contribution < 1.29 is 31.9 Å². The number of para-hydroxylation sites is 1. The molecule has 35 heavy (non-hydrogen) atoms. The molecule has 0 spiro atoms. The van der Waals surface area contributed by atoms with E-state index >= 15 is 0 Å². The lowest BCUT2D eigenvalue weighted by atomic mass is 10.0. The van der Waals surface area contributed by atoms with Gasteiger partial charge in [-0.25, -0.2) is 4.79 Å².